The number of pyridine rings is 1. The number of alkyl halides is 3. The maximum atomic E-state index is 11.9. The summed E-state index contributed by atoms with van der Waals surface area (Å²) in [6.07, 6.45) is 5.49. The van der Waals surface area contributed by atoms with Crippen LogP contribution in [0.4, 0.5) is 13.2 Å². The fourth-order valence-corrected chi connectivity index (χ4v) is 2.37. The Morgan fingerprint density at radius 1 is 1.00 bits per heavy atom. The van der Waals surface area contributed by atoms with E-state index in [4.69, 9.17) is 4.74 Å². The molecule has 0 amide bonds. The maximum absolute atomic E-state index is 11.9. The van der Waals surface area contributed by atoms with E-state index < -0.39 is 12.6 Å². The molecular formula is C18H26F3NO2. The zero-order chi connectivity index (χ0) is 17.7. The quantitative estimate of drug-likeness (QED) is 0.366. The zero-order valence-corrected chi connectivity index (χ0v) is 14.0. The van der Waals surface area contributed by atoms with E-state index in [1.807, 2.05) is 6.07 Å². The molecule has 24 heavy (non-hydrogen) atoms. The number of aromatic nitrogens is 1. The standard InChI is InChI=1S/C18H26F3NO2/c19-18(20,21)12-8-6-4-2-1-3-5-7-11-17(23)24-15-16-10-9-13-22-14-16/h9-10,13-14H,1-8,11-12,15H2. The number of hydrogen-bond acceptors (Lipinski definition) is 3. The number of halogens is 3. The van der Waals surface area contributed by atoms with E-state index in [0.717, 1.165) is 44.1 Å². The molecule has 1 aromatic heterocycles. The van der Waals surface area contributed by atoms with Gasteiger partial charge in [-0.1, -0.05) is 44.6 Å². The Kier molecular flexibility index (Phi) is 10.1. The molecule has 0 aliphatic carbocycles. The average Bonchev–Trinajstić information content (AvgIpc) is 2.54. The molecule has 1 rings (SSSR count). The van der Waals surface area contributed by atoms with Crippen LogP contribution in [-0.4, -0.2) is 17.1 Å². The topological polar surface area (TPSA) is 39.2 Å². The number of unbranched alkanes of at least 4 members (excludes halogenated alkanes) is 7. The maximum Gasteiger partial charge on any atom is 0.389 e. The highest BCUT2D eigenvalue weighted by Gasteiger charge is 2.25. The number of hydrogen-bond donors (Lipinski definition) is 0. The van der Waals surface area contributed by atoms with Crippen molar-refractivity contribution in [2.24, 2.45) is 0 Å². The Bertz CT molecular complexity index is 449. The van der Waals surface area contributed by atoms with Crippen LogP contribution in [0.1, 0.15) is 69.8 Å². The molecule has 0 bridgehead atoms. The summed E-state index contributed by atoms with van der Waals surface area (Å²) < 4.78 is 41.0. The highest BCUT2D eigenvalue weighted by molar-refractivity contribution is 5.69. The molecule has 0 aromatic carbocycles. The lowest BCUT2D eigenvalue weighted by atomic mass is 10.1. The molecule has 0 aliphatic heterocycles. The van der Waals surface area contributed by atoms with Crippen LogP contribution in [0.25, 0.3) is 0 Å². The molecule has 0 fully saturated rings. The van der Waals surface area contributed by atoms with Crippen LogP contribution in [0.15, 0.2) is 24.5 Å². The van der Waals surface area contributed by atoms with E-state index in [0.29, 0.717) is 12.8 Å². The molecule has 0 saturated carbocycles. The normalized spacial score (nSPS) is 11.5. The van der Waals surface area contributed by atoms with Gasteiger partial charge in [-0.3, -0.25) is 9.78 Å². The summed E-state index contributed by atoms with van der Waals surface area (Å²) >= 11 is 0. The van der Waals surface area contributed by atoms with Gasteiger partial charge in [0.1, 0.15) is 6.61 Å². The van der Waals surface area contributed by atoms with Crippen molar-refractivity contribution >= 4 is 5.97 Å². The molecular weight excluding hydrogens is 319 g/mol. The summed E-state index contributed by atoms with van der Waals surface area (Å²) in [5.74, 6) is -0.203. The van der Waals surface area contributed by atoms with Crippen LogP contribution >= 0.6 is 0 Å². The van der Waals surface area contributed by atoms with E-state index >= 15 is 0 Å². The highest BCUT2D eigenvalue weighted by Crippen LogP contribution is 2.23. The lowest BCUT2D eigenvalue weighted by Gasteiger charge is -2.06. The van der Waals surface area contributed by atoms with Gasteiger partial charge in [-0.15, -0.1) is 0 Å². The predicted octanol–water partition coefficient (Wildman–Crippen LogP) is 5.59. The third kappa shape index (κ3) is 11.9. The lowest BCUT2D eigenvalue weighted by Crippen LogP contribution is -2.06. The van der Waals surface area contributed by atoms with Crippen LogP contribution in [0.2, 0.25) is 0 Å². The van der Waals surface area contributed by atoms with E-state index in [1.165, 1.54) is 0 Å². The van der Waals surface area contributed by atoms with Gasteiger partial charge in [0, 0.05) is 30.8 Å². The van der Waals surface area contributed by atoms with Crippen LogP contribution in [-0.2, 0) is 16.1 Å². The molecule has 0 unspecified atom stereocenters. The first-order valence-electron chi connectivity index (χ1n) is 8.58. The molecule has 0 atom stereocenters. The summed E-state index contributed by atoms with van der Waals surface area (Å²) in [6, 6.07) is 3.65. The minimum atomic E-state index is -4.02. The Balaban J connectivity index is 1.87. The van der Waals surface area contributed by atoms with Crippen LogP contribution in [0.3, 0.4) is 0 Å². The van der Waals surface area contributed by atoms with Crippen molar-refractivity contribution in [1.29, 1.82) is 0 Å². The van der Waals surface area contributed by atoms with Crippen molar-refractivity contribution in [3.8, 4) is 0 Å². The molecule has 0 radical (unpaired) electrons. The van der Waals surface area contributed by atoms with Gasteiger partial charge in [0.05, 0.1) is 0 Å². The van der Waals surface area contributed by atoms with Crippen molar-refractivity contribution in [2.75, 3.05) is 0 Å². The minimum absolute atomic E-state index is 0.203. The third-order valence-corrected chi connectivity index (χ3v) is 3.71. The average molecular weight is 345 g/mol. The van der Waals surface area contributed by atoms with Crippen LogP contribution in [0.5, 0.6) is 0 Å². The van der Waals surface area contributed by atoms with E-state index in [1.54, 1.807) is 18.5 Å². The Morgan fingerprint density at radius 3 is 2.21 bits per heavy atom. The largest absolute Gasteiger partial charge is 0.461 e. The summed E-state index contributed by atoms with van der Waals surface area (Å²) in [5, 5.41) is 0. The molecule has 0 aliphatic rings. The fourth-order valence-electron chi connectivity index (χ4n) is 2.37. The smallest absolute Gasteiger partial charge is 0.389 e. The van der Waals surface area contributed by atoms with Crippen molar-refractivity contribution in [1.82, 2.24) is 4.98 Å². The van der Waals surface area contributed by atoms with E-state index in [9.17, 15) is 18.0 Å². The fraction of sp³-hybridized carbons (Fsp3) is 0.667. The Labute approximate surface area is 141 Å². The molecule has 0 saturated heterocycles. The molecule has 3 nitrogen and oxygen atoms in total. The van der Waals surface area contributed by atoms with Gasteiger partial charge in [-0.05, 0) is 18.9 Å². The van der Waals surface area contributed by atoms with Gasteiger partial charge >= 0.3 is 12.1 Å². The second-order valence-electron chi connectivity index (χ2n) is 5.97. The Morgan fingerprint density at radius 2 is 1.62 bits per heavy atom. The summed E-state index contributed by atoms with van der Waals surface area (Å²) in [4.78, 5) is 15.5. The number of nitrogens with zero attached hydrogens (tertiary/aromatic N) is 1. The highest BCUT2D eigenvalue weighted by atomic mass is 19.4. The van der Waals surface area contributed by atoms with Crippen LogP contribution < -0.4 is 0 Å². The molecule has 0 spiro atoms. The van der Waals surface area contributed by atoms with Crippen LogP contribution in [0, 0.1) is 0 Å². The number of esters is 1. The van der Waals surface area contributed by atoms with Crippen molar-refractivity contribution in [3.05, 3.63) is 30.1 Å². The van der Waals surface area contributed by atoms with Crippen molar-refractivity contribution in [3.63, 3.8) is 0 Å². The minimum Gasteiger partial charge on any atom is -0.461 e. The van der Waals surface area contributed by atoms with Crippen molar-refractivity contribution < 1.29 is 22.7 Å². The van der Waals surface area contributed by atoms with Gasteiger partial charge in [-0.25, -0.2) is 0 Å². The number of carbonyl (C=O) groups excluding carboxylic acids is 1. The van der Waals surface area contributed by atoms with Gasteiger partial charge in [0.25, 0.3) is 0 Å². The number of carbonyl (C=O) groups is 1. The molecule has 1 aromatic rings. The first-order valence-corrected chi connectivity index (χ1v) is 8.58. The van der Waals surface area contributed by atoms with Gasteiger partial charge in [-0.2, -0.15) is 13.2 Å². The first kappa shape index (κ1) is 20.5. The first-order chi connectivity index (χ1) is 11.5. The SMILES string of the molecule is O=C(CCCCCCCCCCC(F)(F)F)OCc1cccnc1. The summed E-state index contributed by atoms with van der Waals surface area (Å²) in [5.41, 5.74) is 0.872. The second kappa shape index (κ2) is 11.9. The van der Waals surface area contributed by atoms with E-state index in [2.05, 4.69) is 4.98 Å². The van der Waals surface area contributed by atoms with Gasteiger partial charge < -0.3 is 4.74 Å². The monoisotopic (exact) mass is 345 g/mol. The summed E-state index contributed by atoms with van der Waals surface area (Å²) in [7, 11) is 0. The van der Waals surface area contributed by atoms with E-state index in [-0.39, 0.29) is 19.0 Å². The number of ether oxygens (including phenoxy) is 1. The van der Waals surface area contributed by atoms with Crippen molar-refractivity contribution in [2.45, 2.75) is 77.0 Å². The molecule has 136 valence electrons. The molecule has 0 N–H and O–H groups in total. The zero-order valence-electron chi connectivity index (χ0n) is 14.0. The molecule has 1 heterocycles. The number of rotatable bonds is 12. The predicted molar refractivity (Wildman–Crippen MR) is 86.3 cm³/mol. The summed E-state index contributed by atoms with van der Waals surface area (Å²) in [6.45, 7) is 0.255. The van der Waals surface area contributed by atoms with Gasteiger partial charge in [0.15, 0.2) is 0 Å². The second-order valence-corrected chi connectivity index (χ2v) is 5.97. The van der Waals surface area contributed by atoms with Gasteiger partial charge in [0.2, 0.25) is 0 Å². The third-order valence-electron chi connectivity index (χ3n) is 3.71. The Hall–Kier alpha value is -1.59. The molecule has 6 heteroatoms. The lowest BCUT2D eigenvalue weighted by molar-refractivity contribution is -0.145.